The fourth-order valence-corrected chi connectivity index (χ4v) is 4.92. The number of fused-ring (bicyclic) bond motifs is 3. The largest absolute Gasteiger partial charge is 0.349 e. The van der Waals surface area contributed by atoms with E-state index in [-0.39, 0.29) is 36.3 Å². The van der Waals surface area contributed by atoms with Crippen molar-refractivity contribution in [1.82, 2.24) is 5.32 Å². The smallest absolute Gasteiger partial charge is 0.225 e. The van der Waals surface area contributed by atoms with Gasteiger partial charge < -0.3 is 11.1 Å². The van der Waals surface area contributed by atoms with E-state index in [1.807, 2.05) is 12.1 Å². The van der Waals surface area contributed by atoms with Crippen molar-refractivity contribution in [3.63, 3.8) is 0 Å². The molecule has 3 N–H and O–H groups in total. The van der Waals surface area contributed by atoms with Gasteiger partial charge in [0, 0.05) is 11.1 Å². The van der Waals surface area contributed by atoms with Gasteiger partial charge in [0.25, 0.3) is 0 Å². The van der Waals surface area contributed by atoms with Gasteiger partial charge in [-0.15, -0.1) is 12.4 Å². The van der Waals surface area contributed by atoms with Crippen LogP contribution in [0.2, 0.25) is 5.02 Å². The van der Waals surface area contributed by atoms with Crippen LogP contribution in [0, 0.1) is 17.8 Å². The molecule has 5 atom stereocenters. The van der Waals surface area contributed by atoms with E-state index in [0.717, 1.165) is 24.3 Å². The summed E-state index contributed by atoms with van der Waals surface area (Å²) in [7, 11) is 0. The molecular formula is C17H22Cl2N2O. The fraction of sp³-hybridized carbons (Fsp3) is 0.588. The van der Waals surface area contributed by atoms with Crippen LogP contribution in [0.1, 0.15) is 42.9 Å². The minimum Gasteiger partial charge on any atom is -0.349 e. The minimum atomic E-state index is 0. The van der Waals surface area contributed by atoms with Crippen LogP contribution in [0.4, 0.5) is 0 Å². The minimum absolute atomic E-state index is 0. The van der Waals surface area contributed by atoms with Gasteiger partial charge in [0.15, 0.2) is 0 Å². The van der Waals surface area contributed by atoms with Gasteiger partial charge in [0.1, 0.15) is 0 Å². The first kappa shape index (κ1) is 16.1. The number of aryl methyl sites for hydroxylation is 1. The van der Waals surface area contributed by atoms with E-state index in [2.05, 4.69) is 11.4 Å². The number of amides is 1. The van der Waals surface area contributed by atoms with Crippen LogP contribution in [0.25, 0.3) is 0 Å². The summed E-state index contributed by atoms with van der Waals surface area (Å²) < 4.78 is 0. The van der Waals surface area contributed by atoms with Gasteiger partial charge in [-0.3, -0.25) is 4.79 Å². The zero-order valence-electron chi connectivity index (χ0n) is 12.4. The number of halogens is 2. The lowest BCUT2D eigenvalue weighted by Crippen LogP contribution is -2.45. The Morgan fingerprint density at radius 1 is 1.23 bits per heavy atom. The molecule has 1 amide bonds. The molecule has 22 heavy (non-hydrogen) atoms. The predicted molar refractivity (Wildman–Crippen MR) is 90.2 cm³/mol. The molecule has 1 aromatic rings. The SMILES string of the molecule is Cl.NC1C2CCC(C2)C1C(=O)NC1CCc2cc(Cl)ccc21. The molecule has 0 spiro atoms. The van der Waals surface area contributed by atoms with Gasteiger partial charge in [0.2, 0.25) is 5.91 Å². The number of nitrogens with two attached hydrogens (primary N) is 1. The molecule has 5 unspecified atom stereocenters. The van der Waals surface area contributed by atoms with Gasteiger partial charge in [-0.25, -0.2) is 0 Å². The second-order valence-corrected chi connectivity index (χ2v) is 7.32. The average Bonchev–Trinajstić information content (AvgIpc) is 3.13. The Hall–Kier alpha value is -0.770. The van der Waals surface area contributed by atoms with Crippen molar-refractivity contribution in [3.05, 3.63) is 34.3 Å². The maximum Gasteiger partial charge on any atom is 0.225 e. The normalized spacial score (nSPS) is 35.1. The van der Waals surface area contributed by atoms with Crippen LogP contribution in [0.15, 0.2) is 18.2 Å². The molecule has 1 aromatic carbocycles. The van der Waals surface area contributed by atoms with E-state index in [4.69, 9.17) is 17.3 Å². The molecule has 3 aliphatic rings. The van der Waals surface area contributed by atoms with Gasteiger partial charge in [-0.2, -0.15) is 0 Å². The molecule has 0 saturated heterocycles. The Morgan fingerprint density at radius 2 is 2.00 bits per heavy atom. The van der Waals surface area contributed by atoms with Crippen LogP contribution in [-0.2, 0) is 11.2 Å². The van der Waals surface area contributed by atoms with E-state index in [9.17, 15) is 4.79 Å². The number of hydrogen-bond donors (Lipinski definition) is 2. The summed E-state index contributed by atoms with van der Waals surface area (Å²) in [6.45, 7) is 0. The molecule has 3 aliphatic carbocycles. The third-order valence-electron chi connectivity index (χ3n) is 5.78. The molecule has 4 rings (SSSR count). The molecule has 2 bridgehead atoms. The molecular weight excluding hydrogens is 319 g/mol. The molecule has 0 radical (unpaired) electrons. The number of carbonyl (C=O) groups excluding carboxylic acids is 1. The summed E-state index contributed by atoms with van der Waals surface area (Å²) >= 11 is 6.04. The zero-order chi connectivity index (χ0) is 14.6. The first-order valence-corrected chi connectivity index (χ1v) is 8.35. The van der Waals surface area contributed by atoms with Crippen molar-refractivity contribution < 1.29 is 4.79 Å². The van der Waals surface area contributed by atoms with Crippen LogP contribution in [-0.4, -0.2) is 11.9 Å². The summed E-state index contributed by atoms with van der Waals surface area (Å²) in [6, 6.07) is 6.18. The summed E-state index contributed by atoms with van der Waals surface area (Å²) in [5.41, 5.74) is 8.77. The van der Waals surface area contributed by atoms with Gasteiger partial charge in [-0.05, 0) is 67.2 Å². The summed E-state index contributed by atoms with van der Waals surface area (Å²) in [4.78, 5) is 12.7. The number of hydrogen-bond acceptors (Lipinski definition) is 2. The van der Waals surface area contributed by atoms with Crippen LogP contribution < -0.4 is 11.1 Å². The standard InChI is InChI=1S/C17H21ClN2O.ClH/c18-12-4-5-13-9(8-12)3-6-14(13)20-17(21)15-10-1-2-11(7-10)16(15)19;/h4-5,8,10-11,14-16H,1-3,6-7,19H2,(H,20,21);1H. The van der Waals surface area contributed by atoms with Crippen molar-refractivity contribution in [1.29, 1.82) is 0 Å². The molecule has 2 saturated carbocycles. The Kier molecular flexibility index (Phi) is 4.41. The monoisotopic (exact) mass is 340 g/mol. The summed E-state index contributed by atoms with van der Waals surface area (Å²) in [5.74, 6) is 1.28. The lowest BCUT2D eigenvalue weighted by molar-refractivity contribution is -0.127. The van der Waals surface area contributed by atoms with Crippen LogP contribution in [0.3, 0.4) is 0 Å². The lowest BCUT2D eigenvalue weighted by Gasteiger charge is -2.28. The van der Waals surface area contributed by atoms with E-state index >= 15 is 0 Å². The fourth-order valence-electron chi connectivity index (χ4n) is 4.73. The topological polar surface area (TPSA) is 55.1 Å². The van der Waals surface area contributed by atoms with E-state index in [0.29, 0.717) is 11.8 Å². The molecule has 0 aliphatic heterocycles. The van der Waals surface area contributed by atoms with Crippen LogP contribution >= 0.6 is 24.0 Å². The first-order valence-electron chi connectivity index (χ1n) is 7.98. The molecule has 0 aromatic heterocycles. The molecule has 3 nitrogen and oxygen atoms in total. The Morgan fingerprint density at radius 3 is 2.73 bits per heavy atom. The van der Waals surface area contributed by atoms with Crippen LogP contribution in [0.5, 0.6) is 0 Å². The maximum atomic E-state index is 12.7. The predicted octanol–water partition coefficient (Wildman–Crippen LogP) is 3.24. The van der Waals surface area contributed by atoms with Gasteiger partial charge in [-0.1, -0.05) is 17.7 Å². The molecule has 2 fully saturated rings. The Labute approximate surface area is 142 Å². The third kappa shape index (κ3) is 2.53. The summed E-state index contributed by atoms with van der Waals surface area (Å²) in [6.07, 6.45) is 5.49. The first-order chi connectivity index (χ1) is 10.1. The maximum absolute atomic E-state index is 12.7. The van der Waals surface area contributed by atoms with E-state index in [1.165, 1.54) is 24.0 Å². The van der Waals surface area contributed by atoms with Crippen molar-refractivity contribution in [2.75, 3.05) is 0 Å². The zero-order valence-corrected chi connectivity index (χ0v) is 14.0. The molecule has 0 heterocycles. The van der Waals surface area contributed by atoms with Crippen molar-refractivity contribution in [2.24, 2.45) is 23.5 Å². The highest BCUT2D eigenvalue weighted by molar-refractivity contribution is 6.30. The quantitative estimate of drug-likeness (QED) is 0.868. The number of rotatable bonds is 2. The molecule has 5 heteroatoms. The average molecular weight is 341 g/mol. The third-order valence-corrected chi connectivity index (χ3v) is 6.02. The van der Waals surface area contributed by atoms with Crippen molar-refractivity contribution >= 4 is 29.9 Å². The lowest BCUT2D eigenvalue weighted by atomic mass is 9.84. The molecule has 120 valence electrons. The second kappa shape index (κ2) is 6.03. The van der Waals surface area contributed by atoms with Crippen molar-refractivity contribution in [2.45, 2.75) is 44.2 Å². The highest BCUT2D eigenvalue weighted by Crippen LogP contribution is 2.48. The highest BCUT2D eigenvalue weighted by atomic mass is 35.5. The van der Waals surface area contributed by atoms with E-state index in [1.54, 1.807) is 0 Å². The highest BCUT2D eigenvalue weighted by Gasteiger charge is 2.49. The van der Waals surface area contributed by atoms with E-state index < -0.39 is 0 Å². The number of carbonyl (C=O) groups is 1. The number of nitrogens with one attached hydrogen (secondary N) is 1. The second-order valence-electron chi connectivity index (χ2n) is 6.88. The Balaban J connectivity index is 0.00000144. The number of benzene rings is 1. The van der Waals surface area contributed by atoms with Crippen molar-refractivity contribution in [3.8, 4) is 0 Å². The Bertz CT molecular complexity index is 590. The van der Waals surface area contributed by atoms with Gasteiger partial charge in [0.05, 0.1) is 12.0 Å². The summed E-state index contributed by atoms with van der Waals surface area (Å²) in [5, 5.41) is 4.02. The van der Waals surface area contributed by atoms with Gasteiger partial charge >= 0.3 is 0 Å².